The Labute approximate surface area is 69.7 Å². The van der Waals surface area contributed by atoms with Gasteiger partial charge in [0, 0.05) is 6.42 Å². The highest BCUT2D eigenvalue weighted by molar-refractivity contribution is 4.90. The zero-order chi connectivity index (χ0) is 7.94. The Morgan fingerprint density at radius 3 is 2.91 bits per heavy atom. The Bertz CT molecular complexity index is 159. The number of rotatable bonds is 1. The molecule has 1 aliphatic rings. The van der Waals surface area contributed by atoms with Crippen LogP contribution in [0.2, 0.25) is 0 Å². The molecule has 11 heavy (non-hydrogen) atoms. The first-order chi connectivity index (χ1) is 5.43. The Balaban J connectivity index is 2.31. The highest BCUT2D eigenvalue weighted by Crippen LogP contribution is 2.20. The van der Waals surface area contributed by atoms with Crippen LogP contribution >= 0.6 is 0 Å². The summed E-state index contributed by atoms with van der Waals surface area (Å²) in [5.41, 5.74) is 0. The molecule has 0 spiro atoms. The molecule has 0 radical (unpaired) electrons. The van der Waals surface area contributed by atoms with E-state index >= 15 is 0 Å². The summed E-state index contributed by atoms with van der Waals surface area (Å²) >= 11 is 0. The molecule has 0 heteroatoms. The third-order valence-corrected chi connectivity index (χ3v) is 2.30. The minimum absolute atomic E-state index is 0.796. The first kappa shape index (κ1) is 8.40. The van der Waals surface area contributed by atoms with Gasteiger partial charge in [0.25, 0.3) is 0 Å². The predicted octanol–water partition coefficient (Wildman–Crippen LogP) is 3.15. The molecule has 0 aromatic heterocycles. The number of hydrogen-bond donors (Lipinski definition) is 0. The standard InChI is InChI=1S/C11H16/c1-2-8-11-9-6-4-3-5-7-10-11/h1,3-4,11H,5-10H2/b4-3-. The second-order valence-corrected chi connectivity index (χ2v) is 3.25. The van der Waals surface area contributed by atoms with Crippen molar-refractivity contribution in [1.82, 2.24) is 0 Å². The van der Waals surface area contributed by atoms with Gasteiger partial charge in [0.05, 0.1) is 0 Å². The molecule has 1 rings (SSSR count). The molecule has 0 aromatic carbocycles. The van der Waals surface area contributed by atoms with E-state index in [1.54, 1.807) is 0 Å². The van der Waals surface area contributed by atoms with Crippen LogP contribution in [0.5, 0.6) is 0 Å². The van der Waals surface area contributed by atoms with Crippen molar-refractivity contribution in [3.63, 3.8) is 0 Å². The van der Waals surface area contributed by atoms with Crippen molar-refractivity contribution < 1.29 is 0 Å². The molecule has 1 atom stereocenters. The lowest BCUT2D eigenvalue weighted by Crippen LogP contribution is -2.00. The molecular formula is C11H16. The molecule has 0 aliphatic heterocycles. The van der Waals surface area contributed by atoms with Crippen LogP contribution in [0.1, 0.15) is 38.5 Å². The van der Waals surface area contributed by atoms with Gasteiger partial charge in [-0.1, -0.05) is 12.2 Å². The van der Waals surface area contributed by atoms with Crippen molar-refractivity contribution in [3.05, 3.63) is 12.2 Å². The van der Waals surface area contributed by atoms with Crippen LogP contribution in [0.15, 0.2) is 12.2 Å². The molecule has 0 nitrogen and oxygen atoms in total. The van der Waals surface area contributed by atoms with E-state index in [0.29, 0.717) is 0 Å². The number of allylic oxidation sites excluding steroid dienone is 2. The maximum absolute atomic E-state index is 5.28. The average Bonchev–Trinajstić information content (AvgIpc) is 1.94. The Kier molecular flexibility index (Phi) is 3.83. The van der Waals surface area contributed by atoms with E-state index in [-0.39, 0.29) is 0 Å². The SMILES string of the molecule is C#CCC1CC/C=C\CCC1. The minimum Gasteiger partial charge on any atom is -0.120 e. The van der Waals surface area contributed by atoms with E-state index in [1.165, 1.54) is 32.1 Å². The minimum atomic E-state index is 0.796. The Morgan fingerprint density at radius 1 is 1.27 bits per heavy atom. The highest BCUT2D eigenvalue weighted by atomic mass is 14.1. The Hall–Kier alpha value is -0.700. The quantitative estimate of drug-likeness (QED) is 0.396. The zero-order valence-corrected chi connectivity index (χ0v) is 7.05. The summed E-state index contributed by atoms with van der Waals surface area (Å²) in [6, 6.07) is 0. The number of hydrogen-bond acceptors (Lipinski definition) is 0. The van der Waals surface area contributed by atoms with Gasteiger partial charge in [0.2, 0.25) is 0 Å². The van der Waals surface area contributed by atoms with Crippen LogP contribution in [0.4, 0.5) is 0 Å². The molecule has 0 bridgehead atoms. The van der Waals surface area contributed by atoms with E-state index in [9.17, 15) is 0 Å². The van der Waals surface area contributed by atoms with Crippen LogP contribution in [0, 0.1) is 18.3 Å². The van der Waals surface area contributed by atoms with Gasteiger partial charge < -0.3 is 0 Å². The van der Waals surface area contributed by atoms with Crippen LogP contribution in [-0.2, 0) is 0 Å². The molecule has 1 aliphatic carbocycles. The van der Waals surface area contributed by atoms with E-state index < -0.39 is 0 Å². The largest absolute Gasteiger partial charge is 0.120 e. The lowest BCUT2D eigenvalue weighted by Gasteiger charge is -2.13. The van der Waals surface area contributed by atoms with Gasteiger partial charge in [-0.15, -0.1) is 12.3 Å². The smallest absolute Gasteiger partial charge is 0.0114 e. The summed E-state index contributed by atoms with van der Waals surface area (Å²) in [5.74, 6) is 3.56. The topological polar surface area (TPSA) is 0 Å². The van der Waals surface area contributed by atoms with Gasteiger partial charge in [-0.25, -0.2) is 0 Å². The van der Waals surface area contributed by atoms with E-state index in [2.05, 4.69) is 18.1 Å². The van der Waals surface area contributed by atoms with Gasteiger partial charge in [-0.2, -0.15) is 0 Å². The molecule has 0 saturated heterocycles. The van der Waals surface area contributed by atoms with Crippen LogP contribution in [-0.4, -0.2) is 0 Å². The van der Waals surface area contributed by atoms with Crippen molar-refractivity contribution in [2.75, 3.05) is 0 Å². The van der Waals surface area contributed by atoms with Gasteiger partial charge in [0.15, 0.2) is 0 Å². The van der Waals surface area contributed by atoms with Crippen molar-refractivity contribution in [2.45, 2.75) is 38.5 Å². The normalized spacial score (nSPS) is 28.1. The lowest BCUT2D eigenvalue weighted by atomic mass is 9.92. The molecule has 0 saturated carbocycles. The first-order valence-electron chi connectivity index (χ1n) is 4.52. The van der Waals surface area contributed by atoms with Crippen molar-refractivity contribution in [1.29, 1.82) is 0 Å². The summed E-state index contributed by atoms with van der Waals surface area (Å²) < 4.78 is 0. The molecular weight excluding hydrogens is 132 g/mol. The molecule has 0 fully saturated rings. The Morgan fingerprint density at radius 2 is 2.09 bits per heavy atom. The average molecular weight is 148 g/mol. The third kappa shape index (κ3) is 3.28. The van der Waals surface area contributed by atoms with E-state index in [0.717, 1.165) is 12.3 Å². The van der Waals surface area contributed by atoms with Gasteiger partial charge in [-0.3, -0.25) is 0 Å². The molecule has 0 amide bonds. The monoisotopic (exact) mass is 148 g/mol. The second-order valence-electron chi connectivity index (χ2n) is 3.25. The molecule has 0 N–H and O–H groups in total. The number of terminal acetylenes is 1. The van der Waals surface area contributed by atoms with Gasteiger partial charge in [0.1, 0.15) is 0 Å². The van der Waals surface area contributed by atoms with Crippen LogP contribution < -0.4 is 0 Å². The zero-order valence-electron chi connectivity index (χ0n) is 7.05. The van der Waals surface area contributed by atoms with Crippen molar-refractivity contribution >= 4 is 0 Å². The molecule has 0 aromatic rings. The fourth-order valence-electron chi connectivity index (χ4n) is 1.61. The molecule has 0 heterocycles. The highest BCUT2D eigenvalue weighted by Gasteiger charge is 2.06. The van der Waals surface area contributed by atoms with Gasteiger partial charge in [-0.05, 0) is 38.0 Å². The van der Waals surface area contributed by atoms with E-state index in [4.69, 9.17) is 6.42 Å². The van der Waals surface area contributed by atoms with Crippen molar-refractivity contribution in [2.24, 2.45) is 5.92 Å². The fraction of sp³-hybridized carbons (Fsp3) is 0.636. The summed E-state index contributed by atoms with van der Waals surface area (Å²) in [4.78, 5) is 0. The van der Waals surface area contributed by atoms with Crippen molar-refractivity contribution in [3.8, 4) is 12.3 Å². The summed E-state index contributed by atoms with van der Waals surface area (Å²) in [6.45, 7) is 0. The van der Waals surface area contributed by atoms with Crippen LogP contribution in [0.25, 0.3) is 0 Å². The predicted molar refractivity (Wildman–Crippen MR) is 49.2 cm³/mol. The summed E-state index contributed by atoms with van der Waals surface area (Å²) in [7, 11) is 0. The summed E-state index contributed by atoms with van der Waals surface area (Å²) in [5, 5.41) is 0. The third-order valence-electron chi connectivity index (χ3n) is 2.30. The van der Waals surface area contributed by atoms with Gasteiger partial charge >= 0.3 is 0 Å². The fourth-order valence-corrected chi connectivity index (χ4v) is 1.61. The molecule has 1 unspecified atom stereocenters. The molecule has 60 valence electrons. The second kappa shape index (κ2) is 5.02. The first-order valence-corrected chi connectivity index (χ1v) is 4.52. The maximum Gasteiger partial charge on any atom is 0.0114 e. The summed E-state index contributed by atoms with van der Waals surface area (Å²) in [6.07, 6.45) is 17.3. The van der Waals surface area contributed by atoms with Crippen LogP contribution in [0.3, 0.4) is 0 Å². The van der Waals surface area contributed by atoms with E-state index in [1.807, 2.05) is 0 Å². The maximum atomic E-state index is 5.28. The lowest BCUT2D eigenvalue weighted by molar-refractivity contribution is 0.445.